The molecule has 0 spiro atoms. The maximum absolute atomic E-state index is 12.8. The summed E-state index contributed by atoms with van der Waals surface area (Å²) >= 11 is 0. The lowest BCUT2D eigenvalue weighted by Gasteiger charge is -2.07. The molecule has 0 saturated carbocycles. The molecule has 2 rings (SSSR count). The Morgan fingerprint density at radius 1 is 1.00 bits per heavy atom. The lowest BCUT2D eigenvalue weighted by atomic mass is 10.2. The fraction of sp³-hybridized carbons (Fsp3) is 0.0588. The van der Waals surface area contributed by atoms with E-state index in [0.717, 1.165) is 5.56 Å². The second-order valence-electron chi connectivity index (χ2n) is 4.66. The van der Waals surface area contributed by atoms with Gasteiger partial charge in [-0.3, -0.25) is 4.79 Å². The first-order chi connectivity index (χ1) is 11.1. The van der Waals surface area contributed by atoms with E-state index in [1.54, 1.807) is 42.5 Å². The predicted molar refractivity (Wildman–Crippen MR) is 88.6 cm³/mol. The molecule has 0 heterocycles. The lowest BCUT2D eigenvalue weighted by Crippen LogP contribution is -2.24. The summed E-state index contributed by atoms with van der Waals surface area (Å²) in [6.45, 7) is 0. The summed E-state index contributed by atoms with van der Waals surface area (Å²) < 4.78 is 12.8. The number of halogens is 1. The lowest BCUT2D eigenvalue weighted by molar-refractivity contribution is -0.111. The molecule has 3 amide bonds. The van der Waals surface area contributed by atoms with E-state index in [4.69, 9.17) is 0 Å². The molecule has 6 heteroatoms. The maximum atomic E-state index is 12.8. The van der Waals surface area contributed by atoms with Gasteiger partial charge in [0.05, 0.1) is 0 Å². The van der Waals surface area contributed by atoms with Crippen LogP contribution in [0.1, 0.15) is 5.56 Å². The van der Waals surface area contributed by atoms with Crippen LogP contribution >= 0.6 is 0 Å². The SMILES string of the molecule is CNC(=O)Nc1cccc(NC(=O)/C=C/c2ccc(F)cc2)c1. The highest BCUT2D eigenvalue weighted by molar-refractivity contribution is 6.02. The van der Waals surface area contributed by atoms with Crippen LogP contribution in [0, 0.1) is 5.82 Å². The van der Waals surface area contributed by atoms with E-state index in [1.165, 1.54) is 25.3 Å². The summed E-state index contributed by atoms with van der Waals surface area (Å²) in [5.74, 6) is -0.654. The molecule has 2 aromatic rings. The van der Waals surface area contributed by atoms with E-state index in [2.05, 4.69) is 16.0 Å². The van der Waals surface area contributed by atoms with E-state index in [-0.39, 0.29) is 17.8 Å². The highest BCUT2D eigenvalue weighted by Gasteiger charge is 2.02. The minimum Gasteiger partial charge on any atom is -0.341 e. The molecule has 0 bridgehead atoms. The zero-order chi connectivity index (χ0) is 16.7. The number of benzene rings is 2. The zero-order valence-corrected chi connectivity index (χ0v) is 12.5. The van der Waals surface area contributed by atoms with Crippen LogP contribution in [-0.2, 0) is 4.79 Å². The summed E-state index contributed by atoms with van der Waals surface area (Å²) in [6.07, 6.45) is 2.94. The molecule has 0 atom stereocenters. The standard InChI is InChI=1S/C17H16FN3O2/c1-19-17(23)21-15-4-2-3-14(11-15)20-16(22)10-7-12-5-8-13(18)9-6-12/h2-11H,1H3,(H,20,22)(H2,19,21,23)/b10-7+. The van der Waals surface area contributed by atoms with Gasteiger partial charge in [-0.15, -0.1) is 0 Å². The molecule has 0 aliphatic carbocycles. The van der Waals surface area contributed by atoms with E-state index < -0.39 is 0 Å². The molecule has 0 aromatic heterocycles. The Labute approximate surface area is 133 Å². The monoisotopic (exact) mass is 313 g/mol. The summed E-state index contributed by atoms with van der Waals surface area (Å²) in [7, 11) is 1.52. The third-order valence-electron chi connectivity index (χ3n) is 2.91. The average molecular weight is 313 g/mol. The highest BCUT2D eigenvalue weighted by Crippen LogP contribution is 2.15. The van der Waals surface area contributed by atoms with Gasteiger partial charge in [-0.1, -0.05) is 18.2 Å². The molecule has 3 N–H and O–H groups in total. The maximum Gasteiger partial charge on any atom is 0.318 e. The van der Waals surface area contributed by atoms with Crippen LogP contribution in [0.5, 0.6) is 0 Å². The number of hydrogen-bond acceptors (Lipinski definition) is 2. The van der Waals surface area contributed by atoms with Gasteiger partial charge in [-0.25, -0.2) is 9.18 Å². The van der Waals surface area contributed by atoms with Crippen molar-refractivity contribution in [2.45, 2.75) is 0 Å². The van der Waals surface area contributed by atoms with Crippen molar-refractivity contribution in [2.24, 2.45) is 0 Å². The topological polar surface area (TPSA) is 70.2 Å². The first kappa shape index (κ1) is 16.2. The Morgan fingerprint density at radius 2 is 1.65 bits per heavy atom. The second kappa shape index (κ2) is 7.74. The summed E-state index contributed by atoms with van der Waals surface area (Å²) in [5.41, 5.74) is 1.83. The molecule has 23 heavy (non-hydrogen) atoms. The van der Waals surface area contributed by atoms with Crippen molar-refractivity contribution in [1.29, 1.82) is 0 Å². The quantitative estimate of drug-likeness (QED) is 0.758. The Kier molecular flexibility index (Phi) is 5.46. The number of rotatable bonds is 4. The van der Waals surface area contributed by atoms with Gasteiger partial charge in [-0.05, 0) is 42.0 Å². The molecule has 0 fully saturated rings. The Bertz CT molecular complexity index is 727. The Morgan fingerprint density at radius 3 is 2.30 bits per heavy atom. The van der Waals surface area contributed by atoms with Crippen molar-refractivity contribution in [1.82, 2.24) is 5.32 Å². The number of carbonyl (C=O) groups is 2. The van der Waals surface area contributed by atoms with Crippen LogP contribution in [0.15, 0.2) is 54.6 Å². The van der Waals surface area contributed by atoms with Crippen molar-refractivity contribution in [3.05, 3.63) is 66.0 Å². The van der Waals surface area contributed by atoms with Crippen LogP contribution in [0.2, 0.25) is 0 Å². The van der Waals surface area contributed by atoms with Crippen LogP contribution in [0.4, 0.5) is 20.6 Å². The number of urea groups is 1. The van der Waals surface area contributed by atoms with Crippen molar-refractivity contribution in [3.63, 3.8) is 0 Å². The molecule has 118 valence electrons. The van der Waals surface area contributed by atoms with Gasteiger partial charge in [0.15, 0.2) is 0 Å². The number of carbonyl (C=O) groups excluding carboxylic acids is 2. The zero-order valence-electron chi connectivity index (χ0n) is 12.5. The van der Waals surface area contributed by atoms with Gasteiger partial charge in [0.25, 0.3) is 0 Å². The van der Waals surface area contributed by atoms with E-state index >= 15 is 0 Å². The van der Waals surface area contributed by atoms with Gasteiger partial charge in [0.2, 0.25) is 5.91 Å². The molecular formula is C17H16FN3O2. The molecule has 0 unspecified atom stereocenters. The summed E-state index contributed by atoms with van der Waals surface area (Å²) in [4.78, 5) is 23.1. The predicted octanol–water partition coefficient (Wildman–Crippen LogP) is 3.23. The number of nitrogens with one attached hydrogen (secondary N) is 3. The van der Waals surface area contributed by atoms with Crippen LogP contribution in [0.25, 0.3) is 6.08 Å². The van der Waals surface area contributed by atoms with E-state index in [0.29, 0.717) is 11.4 Å². The average Bonchev–Trinajstić information content (AvgIpc) is 2.54. The molecule has 0 saturated heterocycles. The van der Waals surface area contributed by atoms with Gasteiger partial charge < -0.3 is 16.0 Å². The first-order valence-electron chi connectivity index (χ1n) is 6.90. The largest absolute Gasteiger partial charge is 0.341 e. The molecular weight excluding hydrogens is 297 g/mol. The van der Waals surface area contributed by atoms with Crippen molar-refractivity contribution in [2.75, 3.05) is 17.7 Å². The first-order valence-corrected chi connectivity index (χ1v) is 6.90. The second-order valence-corrected chi connectivity index (χ2v) is 4.66. The molecule has 0 aliphatic heterocycles. The molecule has 0 aliphatic rings. The summed E-state index contributed by atoms with van der Waals surface area (Å²) in [6, 6.07) is 12.2. The molecule has 2 aromatic carbocycles. The molecule has 0 radical (unpaired) electrons. The van der Waals surface area contributed by atoms with Crippen molar-refractivity contribution in [3.8, 4) is 0 Å². The third kappa shape index (κ3) is 5.28. The molecule has 5 nitrogen and oxygen atoms in total. The van der Waals surface area contributed by atoms with E-state index in [1.807, 2.05) is 0 Å². The van der Waals surface area contributed by atoms with Gasteiger partial charge >= 0.3 is 6.03 Å². The van der Waals surface area contributed by atoms with Crippen LogP contribution < -0.4 is 16.0 Å². The fourth-order valence-corrected chi connectivity index (χ4v) is 1.80. The minimum absolute atomic E-state index is 0.327. The van der Waals surface area contributed by atoms with Gasteiger partial charge in [-0.2, -0.15) is 0 Å². The number of anilines is 2. The normalized spacial score (nSPS) is 10.3. The number of hydrogen-bond donors (Lipinski definition) is 3. The summed E-state index contributed by atoms with van der Waals surface area (Å²) in [5, 5.41) is 7.74. The van der Waals surface area contributed by atoms with Crippen molar-refractivity contribution >= 4 is 29.4 Å². The van der Waals surface area contributed by atoms with Crippen molar-refractivity contribution < 1.29 is 14.0 Å². The fourth-order valence-electron chi connectivity index (χ4n) is 1.80. The number of amides is 3. The smallest absolute Gasteiger partial charge is 0.318 e. The van der Waals surface area contributed by atoms with Gasteiger partial charge in [0.1, 0.15) is 5.82 Å². The Hall–Kier alpha value is -3.15. The highest BCUT2D eigenvalue weighted by atomic mass is 19.1. The third-order valence-corrected chi connectivity index (χ3v) is 2.91. The van der Waals surface area contributed by atoms with E-state index in [9.17, 15) is 14.0 Å². The van der Waals surface area contributed by atoms with Crippen LogP contribution in [-0.4, -0.2) is 19.0 Å². The Balaban J connectivity index is 1.98. The van der Waals surface area contributed by atoms with Crippen LogP contribution in [0.3, 0.4) is 0 Å². The minimum atomic E-state index is -0.343. The van der Waals surface area contributed by atoms with Gasteiger partial charge in [0, 0.05) is 24.5 Å².